The Balaban J connectivity index is 1.73. The third-order valence-electron chi connectivity index (χ3n) is 4.63. The first-order valence-electron chi connectivity index (χ1n) is 9.47. The first kappa shape index (κ1) is 20.3. The molecule has 0 aromatic heterocycles. The maximum atomic E-state index is 12.2. The van der Waals surface area contributed by atoms with Crippen molar-refractivity contribution in [3.8, 4) is 0 Å². The van der Waals surface area contributed by atoms with E-state index in [2.05, 4.69) is 37.4 Å². The van der Waals surface area contributed by atoms with E-state index in [1.54, 1.807) is 4.90 Å². The summed E-state index contributed by atoms with van der Waals surface area (Å²) in [5.41, 5.74) is 3.23. The van der Waals surface area contributed by atoms with Crippen LogP contribution in [0.1, 0.15) is 56.7 Å². The highest BCUT2D eigenvalue weighted by molar-refractivity contribution is 5.76. The van der Waals surface area contributed by atoms with Crippen molar-refractivity contribution in [2.24, 2.45) is 0 Å². The Morgan fingerprint density at radius 1 is 1.19 bits per heavy atom. The van der Waals surface area contributed by atoms with E-state index in [0.29, 0.717) is 19.5 Å². The van der Waals surface area contributed by atoms with E-state index in [9.17, 15) is 9.59 Å². The van der Waals surface area contributed by atoms with Gasteiger partial charge in [0.15, 0.2) is 0 Å². The van der Waals surface area contributed by atoms with Crippen LogP contribution >= 0.6 is 0 Å². The standard InChI is InChI=1S/C21H32N2O3/c1-15-6-7-17(16(2)14-15)8-9-19(24)22-18-10-12-23(13-11-18)20(25)26-21(3,4)5/h6-7,14,18H,8-13H2,1-5H3,(H,22,24). The minimum Gasteiger partial charge on any atom is -0.444 e. The number of piperidine rings is 1. The number of hydrogen-bond acceptors (Lipinski definition) is 3. The molecule has 1 heterocycles. The molecule has 1 fully saturated rings. The Hall–Kier alpha value is -2.04. The van der Waals surface area contributed by atoms with Crippen molar-refractivity contribution in [3.05, 3.63) is 34.9 Å². The summed E-state index contributed by atoms with van der Waals surface area (Å²) in [7, 11) is 0. The van der Waals surface area contributed by atoms with Crippen molar-refractivity contribution in [2.75, 3.05) is 13.1 Å². The highest BCUT2D eigenvalue weighted by atomic mass is 16.6. The molecule has 5 nitrogen and oxygen atoms in total. The van der Waals surface area contributed by atoms with E-state index >= 15 is 0 Å². The Bertz CT molecular complexity index is 641. The number of amides is 2. The zero-order chi connectivity index (χ0) is 19.3. The van der Waals surface area contributed by atoms with Gasteiger partial charge in [-0.2, -0.15) is 0 Å². The summed E-state index contributed by atoms with van der Waals surface area (Å²) in [5, 5.41) is 3.11. The summed E-state index contributed by atoms with van der Waals surface area (Å²) in [6.45, 7) is 11.0. The summed E-state index contributed by atoms with van der Waals surface area (Å²) < 4.78 is 5.40. The fraction of sp³-hybridized carbons (Fsp3) is 0.619. The maximum absolute atomic E-state index is 12.2. The number of rotatable bonds is 4. The van der Waals surface area contributed by atoms with Crippen LogP contribution in [0.5, 0.6) is 0 Å². The summed E-state index contributed by atoms with van der Waals surface area (Å²) in [5.74, 6) is 0.0840. The van der Waals surface area contributed by atoms with Crippen molar-refractivity contribution < 1.29 is 14.3 Å². The molecule has 1 N–H and O–H groups in total. The van der Waals surface area contributed by atoms with Crippen LogP contribution in [-0.2, 0) is 16.0 Å². The molecule has 0 aliphatic carbocycles. The van der Waals surface area contributed by atoms with E-state index < -0.39 is 5.60 Å². The molecule has 0 saturated carbocycles. The number of nitrogens with one attached hydrogen (secondary N) is 1. The molecule has 1 aliphatic heterocycles. The lowest BCUT2D eigenvalue weighted by Crippen LogP contribution is -2.47. The van der Waals surface area contributed by atoms with Crippen LogP contribution < -0.4 is 5.32 Å². The van der Waals surface area contributed by atoms with Crippen LogP contribution in [0.25, 0.3) is 0 Å². The lowest BCUT2D eigenvalue weighted by Gasteiger charge is -2.33. The van der Waals surface area contributed by atoms with Crippen molar-refractivity contribution in [1.82, 2.24) is 10.2 Å². The smallest absolute Gasteiger partial charge is 0.410 e. The van der Waals surface area contributed by atoms with Crippen LogP contribution in [0.15, 0.2) is 18.2 Å². The van der Waals surface area contributed by atoms with Gasteiger partial charge in [-0.25, -0.2) is 4.79 Å². The zero-order valence-corrected chi connectivity index (χ0v) is 16.7. The highest BCUT2D eigenvalue weighted by Crippen LogP contribution is 2.16. The molecule has 2 rings (SSSR count). The molecule has 2 amide bonds. The van der Waals surface area contributed by atoms with Crippen LogP contribution in [0.2, 0.25) is 0 Å². The lowest BCUT2D eigenvalue weighted by atomic mass is 10.0. The number of ether oxygens (including phenoxy) is 1. The second-order valence-corrected chi connectivity index (χ2v) is 8.24. The maximum Gasteiger partial charge on any atom is 0.410 e. The largest absolute Gasteiger partial charge is 0.444 e. The minimum atomic E-state index is -0.476. The number of hydrogen-bond donors (Lipinski definition) is 1. The van der Waals surface area contributed by atoms with E-state index in [4.69, 9.17) is 4.74 Å². The molecule has 5 heteroatoms. The Labute approximate surface area is 157 Å². The normalized spacial score (nSPS) is 15.7. The average molecular weight is 360 g/mol. The number of likely N-dealkylation sites (tertiary alicyclic amines) is 1. The number of nitrogens with zero attached hydrogens (tertiary/aromatic N) is 1. The van der Waals surface area contributed by atoms with E-state index in [-0.39, 0.29) is 18.0 Å². The van der Waals surface area contributed by atoms with E-state index in [0.717, 1.165) is 19.3 Å². The molecule has 1 aromatic carbocycles. The van der Waals surface area contributed by atoms with Gasteiger partial charge >= 0.3 is 6.09 Å². The fourth-order valence-corrected chi connectivity index (χ4v) is 3.21. The Morgan fingerprint density at radius 2 is 1.85 bits per heavy atom. The van der Waals surface area contributed by atoms with Gasteiger partial charge in [-0.1, -0.05) is 23.8 Å². The molecule has 0 atom stereocenters. The first-order chi connectivity index (χ1) is 12.1. The quantitative estimate of drug-likeness (QED) is 0.889. The average Bonchev–Trinajstić information content (AvgIpc) is 2.53. The molecule has 1 saturated heterocycles. The summed E-state index contributed by atoms with van der Waals surface area (Å²) in [6.07, 6.45) is 2.53. The SMILES string of the molecule is Cc1ccc(CCC(=O)NC2CCN(C(=O)OC(C)(C)C)CC2)c(C)c1. The molecule has 1 aliphatic rings. The van der Waals surface area contributed by atoms with E-state index in [1.165, 1.54) is 16.7 Å². The molecule has 1 aromatic rings. The van der Waals surface area contributed by atoms with Gasteiger partial charge in [0.2, 0.25) is 5.91 Å². The second kappa shape index (κ2) is 8.56. The van der Waals surface area contributed by atoms with Gasteiger partial charge in [-0.3, -0.25) is 4.79 Å². The van der Waals surface area contributed by atoms with Crippen molar-refractivity contribution >= 4 is 12.0 Å². The van der Waals surface area contributed by atoms with Crippen LogP contribution in [0.4, 0.5) is 4.79 Å². The topological polar surface area (TPSA) is 58.6 Å². The van der Waals surface area contributed by atoms with Crippen molar-refractivity contribution in [1.29, 1.82) is 0 Å². The van der Waals surface area contributed by atoms with Gasteiger partial charge in [0.25, 0.3) is 0 Å². The summed E-state index contributed by atoms with van der Waals surface area (Å²) >= 11 is 0. The molecule has 144 valence electrons. The molecule has 0 spiro atoms. The van der Waals surface area contributed by atoms with Gasteiger partial charge in [0.05, 0.1) is 0 Å². The van der Waals surface area contributed by atoms with Crippen LogP contribution in [-0.4, -0.2) is 41.6 Å². The number of carbonyl (C=O) groups excluding carboxylic acids is 2. The van der Waals surface area contributed by atoms with Gasteiger partial charge in [0.1, 0.15) is 5.60 Å². The molecule has 0 bridgehead atoms. The minimum absolute atomic E-state index is 0.0840. The first-order valence-corrected chi connectivity index (χ1v) is 9.47. The van der Waals surface area contributed by atoms with Gasteiger partial charge in [0, 0.05) is 25.6 Å². The molecular formula is C21H32N2O3. The second-order valence-electron chi connectivity index (χ2n) is 8.24. The number of aryl methyl sites for hydroxylation is 3. The van der Waals surface area contributed by atoms with E-state index in [1.807, 2.05) is 20.8 Å². The molecule has 0 radical (unpaired) electrons. The zero-order valence-electron chi connectivity index (χ0n) is 16.7. The number of carbonyl (C=O) groups is 2. The fourth-order valence-electron chi connectivity index (χ4n) is 3.21. The Kier molecular flexibility index (Phi) is 6.68. The van der Waals surface area contributed by atoms with Gasteiger partial charge < -0.3 is 15.0 Å². The highest BCUT2D eigenvalue weighted by Gasteiger charge is 2.27. The Morgan fingerprint density at radius 3 is 2.42 bits per heavy atom. The van der Waals surface area contributed by atoms with Crippen molar-refractivity contribution in [2.45, 2.75) is 71.9 Å². The predicted octanol–water partition coefficient (Wildman–Crippen LogP) is 3.75. The predicted molar refractivity (Wildman–Crippen MR) is 103 cm³/mol. The third kappa shape index (κ3) is 6.36. The lowest BCUT2D eigenvalue weighted by molar-refractivity contribution is -0.122. The third-order valence-corrected chi connectivity index (χ3v) is 4.63. The molecule has 0 unspecified atom stereocenters. The number of benzene rings is 1. The van der Waals surface area contributed by atoms with Gasteiger partial charge in [-0.05, 0) is 65.0 Å². The van der Waals surface area contributed by atoms with Gasteiger partial charge in [-0.15, -0.1) is 0 Å². The monoisotopic (exact) mass is 360 g/mol. The summed E-state index contributed by atoms with van der Waals surface area (Å²) in [4.78, 5) is 26.0. The molecule has 26 heavy (non-hydrogen) atoms. The van der Waals surface area contributed by atoms with Crippen molar-refractivity contribution in [3.63, 3.8) is 0 Å². The van der Waals surface area contributed by atoms with Crippen LogP contribution in [0, 0.1) is 13.8 Å². The van der Waals surface area contributed by atoms with Crippen LogP contribution in [0.3, 0.4) is 0 Å². The molecular weight excluding hydrogens is 328 g/mol. The summed E-state index contributed by atoms with van der Waals surface area (Å²) in [6, 6.07) is 6.49.